The number of nitrogens with zero attached hydrogens (tertiary/aromatic N) is 1. The number of rotatable bonds is 1. The van der Waals surface area contributed by atoms with Gasteiger partial charge in [0.15, 0.2) is 0 Å². The van der Waals surface area contributed by atoms with E-state index in [9.17, 15) is 14.4 Å². The summed E-state index contributed by atoms with van der Waals surface area (Å²) in [4.78, 5) is 41.2. The summed E-state index contributed by atoms with van der Waals surface area (Å²) in [5.41, 5.74) is 0.414. The number of aromatic amines is 1. The highest BCUT2D eigenvalue weighted by molar-refractivity contribution is 6.31. The van der Waals surface area contributed by atoms with Gasteiger partial charge in [-0.1, -0.05) is 11.6 Å². The average molecular weight is 332 g/mol. The number of fused-ring (bicyclic) bond motifs is 2. The molecule has 4 rings (SSSR count). The minimum absolute atomic E-state index is 0.00444. The predicted octanol–water partition coefficient (Wildman–Crippen LogP) is 1.14. The molecule has 3 heterocycles. The van der Waals surface area contributed by atoms with Crippen LogP contribution in [0.15, 0.2) is 29.2 Å². The summed E-state index contributed by atoms with van der Waals surface area (Å²) in [6.45, 7) is 0.952. The van der Waals surface area contributed by atoms with Crippen molar-refractivity contribution in [1.29, 1.82) is 0 Å². The number of H-pyrrole nitrogens is 1. The number of hydrogen-bond donors (Lipinski definition) is 2. The minimum atomic E-state index is -0.304. The van der Waals surface area contributed by atoms with E-state index in [2.05, 4.69) is 10.3 Å². The Bertz CT molecular complexity index is 876. The Hall–Kier alpha value is -2.34. The van der Waals surface area contributed by atoms with Crippen LogP contribution >= 0.6 is 11.6 Å². The standard InChI is InChI=1S/C16H14ClN3O3/c17-9-1-2-10-12(4-9)18-5-11(15(10)22)16(23)20-6-8-3-14(21)19-13(8)7-20/h1-2,4-5,8,13H,3,6-7H2,(H,18,22)(H,19,21)/t8-,13+/m0/s1. The van der Waals surface area contributed by atoms with Gasteiger partial charge >= 0.3 is 0 Å². The van der Waals surface area contributed by atoms with Crippen molar-refractivity contribution in [1.82, 2.24) is 15.2 Å². The van der Waals surface area contributed by atoms with Crippen LogP contribution < -0.4 is 10.7 Å². The van der Waals surface area contributed by atoms with Gasteiger partial charge in [0, 0.05) is 42.0 Å². The average Bonchev–Trinajstić information content (AvgIpc) is 3.04. The van der Waals surface area contributed by atoms with Crippen molar-refractivity contribution < 1.29 is 9.59 Å². The molecule has 2 aliphatic rings. The first-order valence-corrected chi connectivity index (χ1v) is 7.80. The first-order chi connectivity index (χ1) is 11.0. The zero-order valence-corrected chi connectivity index (χ0v) is 12.9. The van der Waals surface area contributed by atoms with Gasteiger partial charge in [-0.25, -0.2) is 0 Å². The molecule has 6 nitrogen and oxygen atoms in total. The Balaban J connectivity index is 1.66. The van der Waals surface area contributed by atoms with Gasteiger partial charge in [0.1, 0.15) is 5.56 Å². The van der Waals surface area contributed by atoms with Gasteiger partial charge in [0.2, 0.25) is 11.3 Å². The summed E-state index contributed by atoms with van der Waals surface area (Å²) in [5.74, 6) is -0.121. The van der Waals surface area contributed by atoms with Crippen LogP contribution in [0.2, 0.25) is 5.02 Å². The van der Waals surface area contributed by atoms with Crippen molar-refractivity contribution in [3.63, 3.8) is 0 Å². The number of amides is 2. The molecule has 23 heavy (non-hydrogen) atoms. The highest BCUT2D eigenvalue weighted by Crippen LogP contribution is 2.26. The lowest BCUT2D eigenvalue weighted by Crippen LogP contribution is -2.37. The third kappa shape index (κ3) is 2.30. The fourth-order valence-corrected chi connectivity index (χ4v) is 3.61. The van der Waals surface area contributed by atoms with E-state index >= 15 is 0 Å². The normalized spacial score (nSPS) is 23.2. The van der Waals surface area contributed by atoms with E-state index in [1.54, 1.807) is 23.1 Å². The second-order valence-electron chi connectivity index (χ2n) is 6.07. The second-order valence-corrected chi connectivity index (χ2v) is 6.51. The molecule has 2 fully saturated rings. The maximum atomic E-state index is 12.7. The number of halogens is 1. The minimum Gasteiger partial charge on any atom is -0.360 e. The number of carbonyl (C=O) groups excluding carboxylic acids is 2. The molecular formula is C16H14ClN3O3. The molecule has 2 aliphatic heterocycles. The van der Waals surface area contributed by atoms with Crippen molar-refractivity contribution in [3.05, 3.63) is 45.2 Å². The van der Waals surface area contributed by atoms with Crippen LogP contribution in [-0.2, 0) is 4.79 Å². The molecule has 1 aromatic carbocycles. The number of nitrogens with one attached hydrogen (secondary N) is 2. The maximum absolute atomic E-state index is 12.7. The van der Waals surface area contributed by atoms with Gasteiger partial charge in [-0.3, -0.25) is 14.4 Å². The van der Waals surface area contributed by atoms with Gasteiger partial charge < -0.3 is 15.2 Å². The zero-order chi connectivity index (χ0) is 16.1. The highest BCUT2D eigenvalue weighted by atomic mass is 35.5. The van der Waals surface area contributed by atoms with Crippen LogP contribution in [0.4, 0.5) is 0 Å². The number of pyridine rings is 1. The van der Waals surface area contributed by atoms with Crippen molar-refractivity contribution in [2.24, 2.45) is 5.92 Å². The molecule has 7 heteroatoms. The Morgan fingerprint density at radius 2 is 2.09 bits per heavy atom. The third-order valence-electron chi connectivity index (χ3n) is 4.60. The van der Waals surface area contributed by atoms with E-state index in [0.717, 1.165) is 0 Å². The first-order valence-electron chi connectivity index (χ1n) is 7.42. The van der Waals surface area contributed by atoms with Crippen LogP contribution in [0, 0.1) is 5.92 Å². The van der Waals surface area contributed by atoms with E-state index in [0.29, 0.717) is 35.4 Å². The van der Waals surface area contributed by atoms with Gasteiger partial charge in [-0.15, -0.1) is 0 Å². The lowest BCUT2D eigenvalue weighted by atomic mass is 10.1. The third-order valence-corrected chi connectivity index (χ3v) is 4.83. The molecule has 2 atom stereocenters. The second kappa shape index (κ2) is 5.09. The number of aromatic nitrogens is 1. The molecule has 0 radical (unpaired) electrons. The summed E-state index contributed by atoms with van der Waals surface area (Å²) < 4.78 is 0. The molecule has 118 valence electrons. The van der Waals surface area contributed by atoms with Crippen LogP contribution in [0.5, 0.6) is 0 Å². The summed E-state index contributed by atoms with van der Waals surface area (Å²) in [6, 6.07) is 4.90. The van der Waals surface area contributed by atoms with E-state index in [4.69, 9.17) is 11.6 Å². The molecule has 2 aromatic rings. The van der Waals surface area contributed by atoms with Crippen molar-refractivity contribution in [2.75, 3.05) is 13.1 Å². The molecule has 0 aliphatic carbocycles. The van der Waals surface area contributed by atoms with E-state index in [-0.39, 0.29) is 34.8 Å². The number of hydrogen-bond acceptors (Lipinski definition) is 3. The Kier molecular flexibility index (Phi) is 3.16. The Morgan fingerprint density at radius 1 is 1.26 bits per heavy atom. The number of benzene rings is 1. The molecule has 2 saturated heterocycles. The van der Waals surface area contributed by atoms with Crippen LogP contribution in [0.25, 0.3) is 10.9 Å². The smallest absolute Gasteiger partial charge is 0.259 e. The van der Waals surface area contributed by atoms with Crippen LogP contribution in [0.1, 0.15) is 16.8 Å². The molecule has 0 bridgehead atoms. The van der Waals surface area contributed by atoms with Gasteiger partial charge in [0.05, 0.1) is 11.6 Å². The maximum Gasteiger partial charge on any atom is 0.259 e. The first kappa shape index (κ1) is 14.3. The zero-order valence-electron chi connectivity index (χ0n) is 12.1. The highest BCUT2D eigenvalue weighted by Gasteiger charge is 2.42. The Morgan fingerprint density at radius 3 is 2.87 bits per heavy atom. The fraction of sp³-hybridized carbons (Fsp3) is 0.312. The van der Waals surface area contributed by atoms with Gasteiger partial charge in [0.25, 0.3) is 5.91 Å². The van der Waals surface area contributed by atoms with Crippen molar-refractivity contribution in [3.8, 4) is 0 Å². The largest absolute Gasteiger partial charge is 0.360 e. The lowest BCUT2D eigenvalue weighted by molar-refractivity contribution is -0.119. The van der Waals surface area contributed by atoms with Crippen LogP contribution in [0.3, 0.4) is 0 Å². The summed E-state index contributed by atoms with van der Waals surface area (Å²) in [5, 5.41) is 3.83. The van der Waals surface area contributed by atoms with Gasteiger partial charge in [-0.2, -0.15) is 0 Å². The summed E-state index contributed by atoms with van der Waals surface area (Å²) in [7, 11) is 0. The topological polar surface area (TPSA) is 82.3 Å². The molecular weight excluding hydrogens is 318 g/mol. The SMILES string of the molecule is O=C1C[C@H]2CN(C(=O)c3c[nH]c4cc(Cl)ccc4c3=O)C[C@H]2N1. The van der Waals surface area contributed by atoms with E-state index in [1.807, 2.05) is 0 Å². The van der Waals surface area contributed by atoms with E-state index < -0.39 is 0 Å². The summed E-state index contributed by atoms with van der Waals surface area (Å²) >= 11 is 5.91. The van der Waals surface area contributed by atoms with Crippen molar-refractivity contribution >= 4 is 34.3 Å². The van der Waals surface area contributed by atoms with Crippen molar-refractivity contribution in [2.45, 2.75) is 12.5 Å². The molecule has 0 unspecified atom stereocenters. The van der Waals surface area contributed by atoms with E-state index in [1.165, 1.54) is 6.20 Å². The lowest BCUT2D eigenvalue weighted by Gasteiger charge is -2.17. The number of carbonyl (C=O) groups is 2. The molecule has 2 N–H and O–H groups in total. The number of likely N-dealkylation sites (tertiary alicyclic amines) is 1. The monoisotopic (exact) mass is 331 g/mol. The molecule has 0 spiro atoms. The summed E-state index contributed by atoms with van der Waals surface area (Å²) in [6.07, 6.45) is 1.89. The quantitative estimate of drug-likeness (QED) is 0.822. The molecule has 2 amide bonds. The van der Waals surface area contributed by atoms with Gasteiger partial charge in [-0.05, 0) is 18.2 Å². The predicted molar refractivity (Wildman–Crippen MR) is 85.5 cm³/mol. The fourth-order valence-electron chi connectivity index (χ4n) is 3.43. The molecule has 0 saturated carbocycles. The molecule has 1 aromatic heterocycles. The Labute approximate surface area is 136 Å². The van der Waals surface area contributed by atoms with Crippen LogP contribution in [-0.4, -0.2) is 40.8 Å².